The fraction of sp³-hybridized carbons (Fsp3) is 0.400. The predicted octanol–water partition coefficient (Wildman–Crippen LogP) is 2.95. The summed E-state index contributed by atoms with van der Waals surface area (Å²) in [5.74, 6) is 2.34. The Kier molecular flexibility index (Phi) is 4.57. The van der Waals surface area contributed by atoms with Gasteiger partial charge in [-0.05, 0) is 19.0 Å². The standard InChI is InChI=1S/C15H18N2O3S/c1-2-3-16-8-11-6-13-14(20-10-19-13)7-12(11)18-9-15-17-4-5-21-15/h4-7,16H,2-3,8-10H2,1H3. The third kappa shape index (κ3) is 3.46. The van der Waals surface area contributed by atoms with Crippen LogP contribution >= 0.6 is 11.3 Å². The first-order chi connectivity index (χ1) is 10.4. The topological polar surface area (TPSA) is 52.6 Å². The van der Waals surface area contributed by atoms with Crippen molar-refractivity contribution in [1.29, 1.82) is 0 Å². The zero-order valence-electron chi connectivity index (χ0n) is 11.9. The highest BCUT2D eigenvalue weighted by Gasteiger charge is 2.18. The molecule has 0 atom stereocenters. The molecule has 1 aromatic carbocycles. The van der Waals surface area contributed by atoms with Crippen molar-refractivity contribution in [2.24, 2.45) is 0 Å². The molecule has 0 saturated heterocycles. The quantitative estimate of drug-likeness (QED) is 0.797. The lowest BCUT2D eigenvalue weighted by Crippen LogP contribution is -2.14. The molecule has 6 heteroatoms. The first-order valence-corrected chi connectivity index (χ1v) is 7.89. The van der Waals surface area contributed by atoms with Gasteiger partial charge in [0.05, 0.1) is 0 Å². The van der Waals surface area contributed by atoms with Gasteiger partial charge in [0.15, 0.2) is 11.5 Å². The fourth-order valence-electron chi connectivity index (χ4n) is 2.10. The van der Waals surface area contributed by atoms with Gasteiger partial charge in [0.2, 0.25) is 6.79 Å². The van der Waals surface area contributed by atoms with Crippen molar-refractivity contribution in [3.05, 3.63) is 34.3 Å². The molecule has 21 heavy (non-hydrogen) atoms. The molecular formula is C15H18N2O3S. The van der Waals surface area contributed by atoms with Gasteiger partial charge in [-0.1, -0.05) is 6.92 Å². The molecule has 0 radical (unpaired) electrons. The summed E-state index contributed by atoms with van der Waals surface area (Å²) >= 11 is 1.59. The number of fused-ring (bicyclic) bond motifs is 1. The van der Waals surface area contributed by atoms with E-state index in [0.717, 1.165) is 47.3 Å². The summed E-state index contributed by atoms with van der Waals surface area (Å²) in [6.07, 6.45) is 2.88. The Bertz CT molecular complexity index is 587. The van der Waals surface area contributed by atoms with Crippen molar-refractivity contribution >= 4 is 11.3 Å². The smallest absolute Gasteiger partial charge is 0.231 e. The molecule has 0 spiro atoms. The van der Waals surface area contributed by atoms with E-state index in [2.05, 4.69) is 17.2 Å². The van der Waals surface area contributed by atoms with E-state index >= 15 is 0 Å². The highest BCUT2D eigenvalue weighted by atomic mass is 32.1. The third-order valence-electron chi connectivity index (χ3n) is 3.13. The Hall–Kier alpha value is -1.79. The normalized spacial score (nSPS) is 12.6. The minimum Gasteiger partial charge on any atom is -0.486 e. The Labute approximate surface area is 127 Å². The second kappa shape index (κ2) is 6.78. The van der Waals surface area contributed by atoms with Gasteiger partial charge >= 0.3 is 0 Å². The molecule has 1 aromatic heterocycles. The van der Waals surface area contributed by atoms with E-state index in [9.17, 15) is 0 Å². The maximum absolute atomic E-state index is 5.91. The number of nitrogens with zero attached hydrogens (tertiary/aromatic N) is 1. The maximum atomic E-state index is 5.91. The molecule has 1 N–H and O–H groups in total. The average Bonchev–Trinajstić information content (AvgIpc) is 3.16. The summed E-state index contributed by atoms with van der Waals surface area (Å²) in [6, 6.07) is 3.89. The molecule has 0 fully saturated rings. The van der Waals surface area contributed by atoms with E-state index in [-0.39, 0.29) is 6.79 Å². The lowest BCUT2D eigenvalue weighted by Gasteiger charge is -2.12. The van der Waals surface area contributed by atoms with Crippen molar-refractivity contribution in [2.45, 2.75) is 26.5 Å². The number of rotatable bonds is 7. The van der Waals surface area contributed by atoms with Gasteiger partial charge in [-0.3, -0.25) is 0 Å². The highest BCUT2D eigenvalue weighted by molar-refractivity contribution is 7.09. The van der Waals surface area contributed by atoms with E-state index in [0.29, 0.717) is 6.61 Å². The van der Waals surface area contributed by atoms with Crippen LogP contribution in [-0.2, 0) is 13.2 Å². The Morgan fingerprint density at radius 2 is 2.19 bits per heavy atom. The molecule has 112 valence electrons. The third-order valence-corrected chi connectivity index (χ3v) is 3.89. The van der Waals surface area contributed by atoms with Crippen LogP contribution in [0.15, 0.2) is 23.7 Å². The monoisotopic (exact) mass is 306 g/mol. The molecule has 2 heterocycles. The SMILES string of the molecule is CCCNCc1cc2c(cc1OCc1nccs1)OCO2. The first kappa shape index (κ1) is 14.2. The first-order valence-electron chi connectivity index (χ1n) is 7.01. The molecule has 3 rings (SSSR count). The predicted molar refractivity (Wildman–Crippen MR) is 81.0 cm³/mol. The van der Waals surface area contributed by atoms with Gasteiger partial charge < -0.3 is 19.5 Å². The van der Waals surface area contributed by atoms with E-state index in [1.165, 1.54) is 0 Å². The lowest BCUT2D eigenvalue weighted by molar-refractivity contribution is 0.173. The number of hydrogen-bond acceptors (Lipinski definition) is 6. The van der Waals surface area contributed by atoms with E-state index < -0.39 is 0 Å². The summed E-state index contributed by atoms with van der Waals surface area (Å²) in [5.41, 5.74) is 1.07. The number of ether oxygens (including phenoxy) is 3. The van der Waals surface area contributed by atoms with E-state index in [1.54, 1.807) is 17.5 Å². The Morgan fingerprint density at radius 1 is 1.33 bits per heavy atom. The number of aromatic nitrogens is 1. The van der Waals surface area contributed by atoms with Crippen LogP contribution in [0.25, 0.3) is 0 Å². The zero-order chi connectivity index (χ0) is 14.5. The van der Waals surface area contributed by atoms with Crippen LogP contribution in [0.1, 0.15) is 23.9 Å². The highest BCUT2D eigenvalue weighted by Crippen LogP contribution is 2.38. The van der Waals surface area contributed by atoms with Gasteiger partial charge in [0.25, 0.3) is 0 Å². The van der Waals surface area contributed by atoms with Gasteiger partial charge in [0.1, 0.15) is 17.4 Å². The van der Waals surface area contributed by atoms with Crippen LogP contribution in [0.4, 0.5) is 0 Å². The zero-order valence-corrected chi connectivity index (χ0v) is 12.7. The Morgan fingerprint density at radius 3 is 2.95 bits per heavy atom. The van der Waals surface area contributed by atoms with Crippen molar-refractivity contribution in [2.75, 3.05) is 13.3 Å². The number of thiazole rings is 1. The molecule has 1 aliphatic heterocycles. The second-order valence-corrected chi connectivity index (χ2v) is 5.68. The largest absolute Gasteiger partial charge is 0.486 e. The van der Waals surface area contributed by atoms with Crippen molar-refractivity contribution in [1.82, 2.24) is 10.3 Å². The number of benzene rings is 1. The molecule has 0 bridgehead atoms. The number of hydrogen-bond donors (Lipinski definition) is 1. The van der Waals surface area contributed by atoms with Gasteiger partial charge in [-0.25, -0.2) is 4.98 Å². The van der Waals surface area contributed by atoms with E-state index in [4.69, 9.17) is 14.2 Å². The summed E-state index contributed by atoms with van der Waals surface area (Å²) in [6.45, 7) is 4.61. The van der Waals surface area contributed by atoms with Crippen molar-refractivity contribution in [3.63, 3.8) is 0 Å². The molecule has 5 nitrogen and oxygen atoms in total. The molecule has 0 saturated carbocycles. The van der Waals surface area contributed by atoms with Gasteiger partial charge in [0, 0.05) is 29.8 Å². The molecule has 2 aromatic rings. The van der Waals surface area contributed by atoms with Crippen molar-refractivity contribution in [3.8, 4) is 17.2 Å². The lowest BCUT2D eigenvalue weighted by atomic mass is 10.1. The minimum absolute atomic E-state index is 0.271. The molecule has 1 aliphatic rings. The van der Waals surface area contributed by atoms with Gasteiger partial charge in [-0.2, -0.15) is 0 Å². The van der Waals surface area contributed by atoms with Crippen LogP contribution in [-0.4, -0.2) is 18.3 Å². The second-order valence-electron chi connectivity index (χ2n) is 4.70. The van der Waals surface area contributed by atoms with Crippen LogP contribution in [0.2, 0.25) is 0 Å². The van der Waals surface area contributed by atoms with Crippen molar-refractivity contribution < 1.29 is 14.2 Å². The molecule has 0 amide bonds. The maximum Gasteiger partial charge on any atom is 0.231 e. The minimum atomic E-state index is 0.271. The fourth-order valence-corrected chi connectivity index (χ4v) is 2.63. The summed E-state index contributed by atoms with van der Waals surface area (Å²) in [5, 5.41) is 6.29. The van der Waals surface area contributed by atoms with Crippen LogP contribution in [0.5, 0.6) is 17.2 Å². The molecule has 0 unspecified atom stereocenters. The molecule has 0 aliphatic carbocycles. The van der Waals surface area contributed by atoms with Gasteiger partial charge in [-0.15, -0.1) is 11.3 Å². The Balaban J connectivity index is 1.75. The average molecular weight is 306 g/mol. The van der Waals surface area contributed by atoms with Crippen LogP contribution in [0.3, 0.4) is 0 Å². The van der Waals surface area contributed by atoms with E-state index in [1.807, 2.05) is 17.5 Å². The summed E-state index contributed by atoms with van der Waals surface area (Å²) in [7, 11) is 0. The summed E-state index contributed by atoms with van der Waals surface area (Å²) in [4.78, 5) is 4.23. The van der Waals surface area contributed by atoms with Crippen LogP contribution in [0, 0.1) is 0 Å². The van der Waals surface area contributed by atoms with Crippen LogP contribution < -0.4 is 19.5 Å². The molecular weight excluding hydrogens is 288 g/mol. The number of nitrogens with one attached hydrogen (secondary N) is 1. The summed E-state index contributed by atoms with van der Waals surface area (Å²) < 4.78 is 16.8.